The molecule has 0 radical (unpaired) electrons. The number of imidazole rings is 1. The van der Waals surface area contributed by atoms with E-state index in [1.54, 1.807) is 0 Å². The highest BCUT2D eigenvalue weighted by atomic mass is 16.2. The van der Waals surface area contributed by atoms with Crippen LogP contribution >= 0.6 is 0 Å². The summed E-state index contributed by atoms with van der Waals surface area (Å²) in [5.74, 6) is 1.64. The summed E-state index contributed by atoms with van der Waals surface area (Å²) in [7, 11) is 0. The van der Waals surface area contributed by atoms with E-state index in [2.05, 4.69) is 41.7 Å². The fraction of sp³-hybridized carbons (Fsp3) is 0.458. The van der Waals surface area contributed by atoms with E-state index in [1.807, 2.05) is 41.4 Å². The van der Waals surface area contributed by atoms with Crippen molar-refractivity contribution in [2.45, 2.75) is 52.5 Å². The number of hydrogen-bond donors (Lipinski definition) is 1. The van der Waals surface area contributed by atoms with Crippen LogP contribution in [0.2, 0.25) is 0 Å². The molecule has 1 aliphatic rings. The van der Waals surface area contributed by atoms with Gasteiger partial charge >= 0.3 is 6.03 Å². The number of aryl methyl sites for hydroxylation is 1. The molecule has 0 atom stereocenters. The third kappa shape index (κ3) is 4.18. The van der Waals surface area contributed by atoms with Gasteiger partial charge in [-0.3, -0.25) is 0 Å². The number of benzene rings is 1. The Labute approximate surface area is 178 Å². The molecule has 0 aliphatic carbocycles. The Morgan fingerprint density at radius 2 is 1.93 bits per heavy atom. The minimum Gasteiger partial charge on any atom is -0.324 e. The molecule has 1 saturated heterocycles. The van der Waals surface area contributed by atoms with Gasteiger partial charge in [-0.2, -0.15) is 0 Å². The number of rotatable bonds is 5. The van der Waals surface area contributed by atoms with Crippen LogP contribution in [0.25, 0.3) is 11.2 Å². The Bertz CT molecular complexity index is 1020. The summed E-state index contributed by atoms with van der Waals surface area (Å²) in [5.41, 5.74) is 4.00. The number of nitrogens with zero attached hydrogens (tertiary/aromatic N) is 4. The quantitative estimate of drug-likeness (QED) is 0.645. The number of aromatic nitrogens is 3. The molecule has 1 aliphatic heterocycles. The van der Waals surface area contributed by atoms with Gasteiger partial charge in [0.1, 0.15) is 11.3 Å². The second kappa shape index (κ2) is 8.86. The van der Waals surface area contributed by atoms with Crippen LogP contribution in [-0.2, 0) is 12.8 Å². The molecule has 3 aromatic rings. The van der Waals surface area contributed by atoms with Crippen molar-refractivity contribution in [1.82, 2.24) is 19.4 Å². The van der Waals surface area contributed by atoms with Gasteiger partial charge in [0.25, 0.3) is 0 Å². The van der Waals surface area contributed by atoms with Crippen molar-refractivity contribution in [3.8, 4) is 0 Å². The van der Waals surface area contributed by atoms with E-state index in [0.29, 0.717) is 12.0 Å². The molecular weight excluding hydrogens is 374 g/mol. The van der Waals surface area contributed by atoms with Crippen LogP contribution in [0.15, 0.2) is 42.6 Å². The van der Waals surface area contributed by atoms with Gasteiger partial charge in [-0.05, 0) is 48.9 Å². The summed E-state index contributed by atoms with van der Waals surface area (Å²) >= 11 is 0. The number of para-hydroxylation sites is 1. The standard InChI is InChI=1S/C24H31N5O/c1-4-18-8-5-6-9-20(18)27-24(30)28-14-11-19(12-15-28)29-22(16-17(2)3)26-21-10-7-13-25-23(21)29/h5-10,13,17,19H,4,11-12,14-16H2,1-3H3,(H,27,30). The van der Waals surface area contributed by atoms with Crippen LogP contribution in [0.5, 0.6) is 0 Å². The van der Waals surface area contributed by atoms with E-state index in [4.69, 9.17) is 4.98 Å². The first-order valence-corrected chi connectivity index (χ1v) is 11.0. The largest absolute Gasteiger partial charge is 0.324 e. The molecule has 0 saturated carbocycles. The minimum atomic E-state index is -0.00892. The normalized spacial score (nSPS) is 15.1. The van der Waals surface area contributed by atoms with Crippen molar-refractivity contribution in [2.75, 3.05) is 18.4 Å². The molecule has 6 heteroatoms. The van der Waals surface area contributed by atoms with Crippen molar-refractivity contribution >= 4 is 22.9 Å². The number of carbonyl (C=O) groups is 1. The highest BCUT2D eigenvalue weighted by molar-refractivity contribution is 5.90. The highest BCUT2D eigenvalue weighted by Crippen LogP contribution is 2.29. The zero-order chi connectivity index (χ0) is 21.1. The Hall–Kier alpha value is -2.89. The van der Waals surface area contributed by atoms with E-state index in [9.17, 15) is 4.79 Å². The number of likely N-dealkylation sites (tertiary alicyclic amines) is 1. The summed E-state index contributed by atoms with van der Waals surface area (Å²) in [6.07, 6.45) is 5.50. The lowest BCUT2D eigenvalue weighted by Crippen LogP contribution is -2.41. The van der Waals surface area contributed by atoms with Crippen LogP contribution in [0.4, 0.5) is 10.5 Å². The Kier molecular flexibility index (Phi) is 6.02. The number of pyridine rings is 1. The fourth-order valence-corrected chi connectivity index (χ4v) is 4.34. The topological polar surface area (TPSA) is 63.1 Å². The predicted molar refractivity (Wildman–Crippen MR) is 121 cm³/mol. The van der Waals surface area contributed by atoms with Gasteiger partial charge in [0.15, 0.2) is 5.65 Å². The van der Waals surface area contributed by atoms with Gasteiger partial charge in [0, 0.05) is 37.4 Å². The van der Waals surface area contributed by atoms with Gasteiger partial charge < -0.3 is 14.8 Å². The summed E-state index contributed by atoms with van der Waals surface area (Å²) in [4.78, 5) is 24.3. The molecule has 4 rings (SSSR count). The summed E-state index contributed by atoms with van der Waals surface area (Å²) in [6.45, 7) is 8.02. The second-order valence-electron chi connectivity index (χ2n) is 8.50. The van der Waals surface area contributed by atoms with Crippen molar-refractivity contribution in [3.05, 3.63) is 54.0 Å². The number of fused-ring (bicyclic) bond motifs is 1. The Balaban J connectivity index is 1.48. The number of carbonyl (C=O) groups excluding carboxylic acids is 1. The molecule has 1 N–H and O–H groups in total. The number of hydrogen-bond acceptors (Lipinski definition) is 3. The number of piperidine rings is 1. The smallest absolute Gasteiger partial charge is 0.321 e. The number of amides is 2. The number of nitrogens with one attached hydrogen (secondary N) is 1. The van der Waals surface area contributed by atoms with Crippen molar-refractivity contribution in [2.24, 2.45) is 5.92 Å². The lowest BCUT2D eigenvalue weighted by Gasteiger charge is -2.33. The lowest BCUT2D eigenvalue weighted by molar-refractivity contribution is 0.183. The van der Waals surface area contributed by atoms with Crippen LogP contribution in [0, 0.1) is 5.92 Å². The summed E-state index contributed by atoms with van der Waals surface area (Å²) in [5, 5.41) is 3.10. The molecule has 30 heavy (non-hydrogen) atoms. The average Bonchev–Trinajstić information content (AvgIpc) is 3.11. The molecule has 0 spiro atoms. The maximum absolute atomic E-state index is 12.8. The first kappa shape index (κ1) is 20.4. The van der Waals surface area contributed by atoms with Gasteiger partial charge in [-0.1, -0.05) is 39.0 Å². The third-order valence-electron chi connectivity index (χ3n) is 5.87. The molecule has 2 aromatic heterocycles. The molecular formula is C24H31N5O. The van der Waals surface area contributed by atoms with Crippen molar-refractivity contribution in [1.29, 1.82) is 0 Å². The van der Waals surface area contributed by atoms with Crippen molar-refractivity contribution in [3.63, 3.8) is 0 Å². The van der Waals surface area contributed by atoms with Crippen LogP contribution in [0.1, 0.15) is 51.0 Å². The van der Waals surface area contributed by atoms with Crippen LogP contribution in [-0.4, -0.2) is 38.6 Å². The monoisotopic (exact) mass is 405 g/mol. The zero-order valence-corrected chi connectivity index (χ0v) is 18.1. The van der Waals surface area contributed by atoms with E-state index >= 15 is 0 Å². The molecule has 2 amide bonds. The maximum atomic E-state index is 12.8. The first-order chi connectivity index (χ1) is 14.6. The fourth-order valence-electron chi connectivity index (χ4n) is 4.34. The molecule has 0 unspecified atom stereocenters. The molecule has 158 valence electrons. The van der Waals surface area contributed by atoms with E-state index in [-0.39, 0.29) is 6.03 Å². The third-order valence-corrected chi connectivity index (χ3v) is 5.87. The Morgan fingerprint density at radius 1 is 1.17 bits per heavy atom. The number of anilines is 1. The maximum Gasteiger partial charge on any atom is 0.321 e. The SMILES string of the molecule is CCc1ccccc1NC(=O)N1CCC(n2c(CC(C)C)nc3cccnc32)CC1. The van der Waals surface area contributed by atoms with E-state index in [1.165, 1.54) is 0 Å². The minimum absolute atomic E-state index is 0.00892. The molecule has 1 fully saturated rings. The number of urea groups is 1. The predicted octanol–water partition coefficient (Wildman–Crippen LogP) is 5.06. The van der Waals surface area contributed by atoms with Gasteiger partial charge in [0.2, 0.25) is 0 Å². The highest BCUT2D eigenvalue weighted by Gasteiger charge is 2.27. The van der Waals surface area contributed by atoms with Crippen LogP contribution in [0.3, 0.4) is 0 Å². The molecule has 0 bridgehead atoms. The van der Waals surface area contributed by atoms with Gasteiger partial charge in [-0.15, -0.1) is 0 Å². The summed E-state index contributed by atoms with van der Waals surface area (Å²) < 4.78 is 2.33. The Morgan fingerprint density at radius 3 is 2.67 bits per heavy atom. The molecule has 3 heterocycles. The second-order valence-corrected chi connectivity index (χ2v) is 8.50. The zero-order valence-electron chi connectivity index (χ0n) is 18.1. The summed E-state index contributed by atoms with van der Waals surface area (Å²) in [6, 6.07) is 12.3. The van der Waals surface area contributed by atoms with E-state index in [0.717, 1.165) is 67.0 Å². The first-order valence-electron chi connectivity index (χ1n) is 11.0. The lowest BCUT2D eigenvalue weighted by atomic mass is 10.0. The van der Waals surface area contributed by atoms with E-state index < -0.39 is 0 Å². The average molecular weight is 406 g/mol. The molecule has 1 aromatic carbocycles. The van der Waals surface area contributed by atoms with Crippen molar-refractivity contribution < 1.29 is 4.79 Å². The molecule has 6 nitrogen and oxygen atoms in total. The van der Waals surface area contributed by atoms with Gasteiger partial charge in [-0.25, -0.2) is 14.8 Å². The van der Waals surface area contributed by atoms with Crippen LogP contribution < -0.4 is 5.32 Å². The van der Waals surface area contributed by atoms with Gasteiger partial charge in [0.05, 0.1) is 0 Å².